The van der Waals surface area contributed by atoms with Crippen molar-refractivity contribution in [3.05, 3.63) is 59.8 Å². The molecule has 2 amide bonds. The van der Waals surface area contributed by atoms with E-state index < -0.39 is 11.6 Å². The van der Waals surface area contributed by atoms with Crippen LogP contribution in [0.4, 0.5) is 8.78 Å². The number of amides is 2. The lowest BCUT2D eigenvalue weighted by Gasteiger charge is -2.38. The SMILES string of the molecule is O=C(c1ccc2[nH]ncc2c1)N1CCCC(C(=O)N2CCC(Oc3ccc(F)cc3F)CC2)C1. The number of ether oxygens (including phenoxy) is 1. The normalized spacial score (nSPS) is 19.4. The van der Waals surface area contributed by atoms with Crippen LogP contribution in [-0.2, 0) is 4.79 Å². The average Bonchev–Trinajstić information content (AvgIpc) is 3.33. The summed E-state index contributed by atoms with van der Waals surface area (Å²) in [5.74, 6) is -1.60. The summed E-state index contributed by atoms with van der Waals surface area (Å²) >= 11 is 0. The highest BCUT2D eigenvalue weighted by molar-refractivity contribution is 5.98. The Labute approximate surface area is 195 Å². The summed E-state index contributed by atoms with van der Waals surface area (Å²) in [6.45, 7) is 2.05. The van der Waals surface area contributed by atoms with Crippen molar-refractivity contribution in [2.24, 2.45) is 5.92 Å². The second kappa shape index (κ2) is 9.40. The highest BCUT2D eigenvalue weighted by Gasteiger charge is 2.33. The maximum absolute atomic E-state index is 13.9. The van der Waals surface area contributed by atoms with Gasteiger partial charge in [0, 0.05) is 56.0 Å². The number of halogens is 2. The molecule has 7 nitrogen and oxygen atoms in total. The van der Waals surface area contributed by atoms with Crippen molar-refractivity contribution in [1.82, 2.24) is 20.0 Å². The molecule has 1 N–H and O–H groups in total. The molecule has 178 valence electrons. The number of hydrogen-bond donors (Lipinski definition) is 1. The molecule has 3 heterocycles. The number of carbonyl (C=O) groups excluding carboxylic acids is 2. The standard InChI is InChI=1S/C25H26F2N4O3/c26-19-4-6-23(21(27)13-19)34-20-7-10-30(11-8-20)25(33)17-2-1-9-31(15-17)24(32)16-3-5-22-18(12-16)14-28-29-22/h3-6,12-14,17,20H,1-2,7-11,15H2,(H,28,29). The zero-order valence-electron chi connectivity index (χ0n) is 18.7. The van der Waals surface area contributed by atoms with Crippen molar-refractivity contribution in [3.8, 4) is 5.75 Å². The fourth-order valence-corrected chi connectivity index (χ4v) is 4.82. The van der Waals surface area contributed by atoms with E-state index in [-0.39, 0.29) is 29.6 Å². The number of H-pyrrole nitrogens is 1. The number of piperidine rings is 2. The first-order chi connectivity index (χ1) is 16.5. The van der Waals surface area contributed by atoms with Crippen LogP contribution < -0.4 is 4.74 Å². The van der Waals surface area contributed by atoms with Gasteiger partial charge in [0.25, 0.3) is 5.91 Å². The number of nitrogens with zero attached hydrogens (tertiary/aromatic N) is 3. The van der Waals surface area contributed by atoms with Crippen LogP contribution in [0.3, 0.4) is 0 Å². The average molecular weight is 469 g/mol. The molecule has 0 saturated carbocycles. The molecular formula is C25H26F2N4O3. The predicted octanol–water partition coefficient (Wildman–Crippen LogP) is 3.76. The molecule has 2 aliphatic heterocycles. The molecule has 0 radical (unpaired) electrons. The summed E-state index contributed by atoms with van der Waals surface area (Å²) in [6, 6.07) is 8.70. The summed E-state index contributed by atoms with van der Waals surface area (Å²) in [7, 11) is 0. The largest absolute Gasteiger partial charge is 0.487 e. The predicted molar refractivity (Wildman–Crippen MR) is 121 cm³/mol. The first-order valence-electron chi connectivity index (χ1n) is 11.6. The van der Waals surface area contributed by atoms with Crippen molar-refractivity contribution in [1.29, 1.82) is 0 Å². The number of carbonyl (C=O) groups is 2. The van der Waals surface area contributed by atoms with Crippen molar-refractivity contribution in [3.63, 3.8) is 0 Å². The van der Waals surface area contributed by atoms with E-state index in [1.54, 1.807) is 17.2 Å². The molecule has 1 unspecified atom stereocenters. The molecular weight excluding hydrogens is 442 g/mol. The molecule has 2 saturated heterocycles. The van der Waals surface area contributed by atoms with Crippen molar-refractivity contribution in [2.75, 3.05) is 26.2 Å². The molecule has 2 fully saturated rings. The van der Waals surface area contributed by atoms with Crippen LogP contribution in [0.5, 0.6) is 5.75 Å². The Morgan fingerprint density at radius 1 is 1.00 bits per heavy atom. The number of nitrogens with one attached hydrogen (secondary N) is 1. The van der Waals surface area contributed by atoms with Gasteiger partial charge in [-0.05, 0) is 43.2 Å². The van der Waals surface area contributed by atoms with Crippen LogP contribution in [0.25, 0.3) is 10.9 Å². The second-order valence-electron chi connectivity index (χ2n) is 8.98. The molecule has 2 aliphatic rings. The maximum atomic E-state index is 13.9. The first kappa shape index (κ1) is 22.3. The van der Waals surface area contributed by atoms with E-state index >= 15 is 0 Å². The van der Waals surface area contributed by atoms with Crippen LogP contribution in [-0.4, -0.2) is 64.1 Å². The monoisotopic (exact) mass is 468 g/mol. The van der Waals surface area contributed by atoms with Gasteiger partial charge in [0.2, 0.25) is 5.91 Å². The highest BCUT2D eigenvalue weighted by atomic mass is 19.1. The molecule has 3 aromatic rings. The topological polar surface area (TPSA) is 78.5 Å². The Morgan fingerprint density at radius 2 is 1.82 bits per heavy atom. The van der Waals surface area contributed by atoms with Gasteiger partial charge >= 0.3 is 0 Å². The van der Waals surface area contributed by atoms with E-state index in [0.717, 1.165) is 29.8 Å². The third-order valence-corrected chi connectivity index (χ3v) is 6.69. The van der Waals surface area contributed by atoms with Gasteiger partial charge < -0.3 is 14.5 Å². The Balaban J connectivity index is 1.16. The van der Waals surface area contributed by atoms with Gasteiger partial charge in [-0.25, -0.2) is 8.78 Å². The molecule has 0 aliphatic carbocycles. The number of aromatic nitrogens is 2. The smallest absolute Gasteiger partial charge is 0.253 e. The zero-order chi connectivity index (χ0) is 23.7. The van der Waals surface area contributed by atoms with Gasteiger partial charge in [0.1, 0.15) is 11.9 Å². The molecule has 1 aromatic heterocycles. The molecule has 2 aromatic carbocycles. The van der Waals surface area contributed by atoms with Gasteiger partial charge in [0.15, 0.2) is 11.6 Å². The lowest BCUT2D eigenvalue weighted by molar-refractivity contribution is -0.138. The fourth-order valence-electron chi connectivity index (χ4n) is 4.82. The summed E-state index contributed by atoms with van der Waals surface area (Å²) in [6.07, 6.45) is 4.13. The van der Waals surface area contributed by atoms with E-state index in [1.165, 1.54) is 12.1 Å². The lowest BCUT2D eigenvalue weighted by Crippen LogP contribution is -2.49. The summed E-state index contributed by atoms with van der Waals surface area (Å²) in [5.41, 5.74) is 1.46. The highest BCUT2D eigenvalue weighted by Crippen LogP contribution is 2.26. The summed E-state index contributed by atoms with van der Waals surface area (Å²) < 4.78 is 32.7. The van der Waals surface area contributed by atoms with Crippen LogP contribution in [0.15, 0.2) is 42.6 Å². The van der Waals surface area contributed by atoms with Crippen molar-refractivity contribution in [2.45, 2.75) is 31.8 Å². The van der Waals surface area contributed by atoms with E-state index in [2.05, 4.69) is 10.2 Å². The summed E-state index contributed by atoms with van der Waals surface area (Å²) in [4.78, 5) is 29.8. The molecule has 0 bridgehead atoms. The van der Waals surface area contributed by atoms with Crippen molar-refractivity contribution >= 4 is 22.7 Å². The van der Waals surface area contributed by atoms with Gasteiger partial charge in [-0.2, -0.15) is 5.10 Å². The van der Waals surface area contributed by atoms with E-state index in [4.69, 9.17) is 4.74 Å². The minimum absolute atomic E-state index is 0.0289. The quantitative estimate of drug-likeness (QED) is 0.633. The number of fused-ring (bicyclic) bond motifs is 1. The van der Waals surface area contributed by atoms with Crippen LogP contribution in [0, 0.1) is 17.6 Å². The molecule has 0 spiro atoms. The molecule has 5 rings (SSSR count). The van der Waals surface area contributed by atoms with Gasteiger partial charge in [-0.1, -0.05) is 0 Å². The van der Waals surface area contributed by atoms with E-state index in [9.17, 15) is 18.4 Å². The summed E-state index contributed by atoms with van der Waals surface area (Å²) in [5, 5.41) is 7.75. The minimum Gasteiger partial charge on any atom is -0.487 e. The van der Waals surface area contributed by atoms with Crippen LogP contribution >= 0.6 is 0 Å². The number of aromatic amines is 1. The van der Waals surface area contributed by atoms with Gasteiger partial charge in [0.05, 0.1) is 17.6 Å². The number of benzene rings is 2. The Morgan fingerprint density at radius 3 is 2.62 bits per heavy atom. The number of rotatable bonds is 4. The fraction of sp³-hybridized carbons (Fsp3) is 0.400. The Kier molecular flexibility index (Phi) is 6.17. The first-order valence-corrected chi connectivity index (χ1v) is 11.6. The molecule has 9 heteroatoms. The Bertz CT molecular complexity index is 1210. The minimum atomic E-state index is -0.725. The number of likely N-dealkylation sites (tertiary alicyclic amines) is 2. The van der Waals surface area contributed by atoms with E-state index in [1.807, 2.05) is 17.0 Å². The zero-order valence-corrected chi connectivity index (χ0v) is 18.7. The maximum Gasteiger partial charge on any atom is 0.253 e. The lowest BCUT2D eigenvalue weighted by atomic mass is 9.94. The van der Waals surface area contributed by atoms with E-state index in [0.29, 0.717) is 44.6 Å². The Hall–Kier alpha value is -3.49. The van der Waals surface area contributed by atoms with Gasteiger partial charge in [-0.3, -0.25) is 14.7 Å². The molecule has 34 heavy (non-hydrogen) atoms. The third kappa shape index (κ3) is 4.60. The third-order valence-electron chi connectivity index (χ3n) is 6.69. The van der Waals surface area contributed by atoms with Gasteiger partial charge in [-0.15, -0.1) is 0 Å². The van der Waals surface area contributed by atoms with Crippen LogP contribution in [0.1, 0.15) is 36.0 Å². The second-order valence-corrected chi connectivity index (χ2v) is 8.98. The van der Waals surface area contributed by atoms with Crippen molar-refractivity contribution < 1.29 is 23.1 Å². The molecule has 1 atom stereocenters. The van der Waals surface area contributed by atoms with Crippen LogP contribution in [0.2, 0.25) is 0 Å². The number of hydrogen-bond acceptors (Lipinski definition) is 4.